The minimum Gasteiger partial charge on any atom is -0.456 e. The molecule has 0 radical (unpaired) electrons. The molecule has 0 N–H and O–H groups in total. The van der Waals surface area contributed by atoms with Gasteiger partial charge in [-0.05, 0) is 215 Å². The van der Waals surface area contributed by atoms with E-state index < -0.39 is 16.2 Å². The second kappa shape index (κ2) is 23.0. The third kappa shape index (κ3) is 8.41. The minimum absolute atomic E-state index is 0.512. The molecule has 0 aliphatic heterocycles. The van der Waals surface area contributed by atoms with Crippen molar-refractivity contribution in [3.63, 3.8) is 0 Å². The van der Waals surface area contributed by atoms with Gasteiger partial charge >= 0.3 is 0 Å². The topological polar surface area (TPSA) is 19.6 Å². The molecule has 104 heavy (non-hydrogen) atoms. The van der Waals surface area contributed by atoms with Gasteiger partial charge in [-0.1, -0.05) is 308 Å². The van der Waals surface area contributed by atoms with Gasteiger partial charge in [-0.3, -0.25) is 0 Å². The molecule has 0 fully saturated rings. The average molecular weight is 1330 g/mol. The van der Waals surface area contributed by atoms with Gasteiger partial charge < -0.3 is 14.2 Å². The van der Waals surface area contributed by atoms with Gasteiger partial charge in [0.1, 0.15) is 11.2 Å². The number of hydrogen-bond donors (Lipinski definition) is 0. The second-order valence-corrected chi connectivity index (χ2v) is 28.7. The molecule has 3 nitrogen and oxygen atoms in total. The van der Waals surface area contributed by atoms with Crippen LogP contribution in [0.25, 0.3) is 77.6 Å². The normalized spacial score (nSPS) is 13.9. The maximum atomic E-state index is 6.68. The fourth-order valence-corrected chi connectivity index (χ4v) is 19.1. The number of anilines is 6. The Hall–Kier alpha value is -13.1. The maximum Gasteiger partial charge on any atom is 0.137 e. The Bertz CT molecular complexity index is 5980. The first kappa shape index (κ1) is 59.8. The number of hydrogen-bond acceptors (Lipinski definition) is 3. The SMILES string of the molecule is Cc1ccc2c(c1)C(c1ccccc1)(c1ccccc1)c1cc(N(c3ccc(-c4ccc(N(c5ccc6c(c5)C5(c7ccccc7-c7ccccc75)c5ccccc5-6)c5cccc6oc7ccccc7c56)cc4)cc3)c3ccc4c(c3)C(c3ccccc3)(c3ccccc3)c3cc(C)ccc3-4)ccc1-2. The highest BCUT2D eigenvalue weighted by Crippen LogP contribution is 2.65. The van der Waals surface area contributed by atoms with Crippen molar-refractivity contribution in [2.45, 2.75) is 30.1 Å². The third-order valence-electron chi connectivity index (χ3n) is 23.3. The zero-order valence-corrected chi connectivity index (χ0v) is 57.6. The standard InChI is InChI=1S/C101H68N2O/c1-65-42-55-81-84-57-52-75(62-92(84)99(90(81)60-65,69-24-7-3-8-25-69)70-26-9-4-10-27-70)102(76-53-58-85-82-56-43-66(2)61-91(82)100(93(85)63-76,71-28-11-5-12-29-71)72-30-13-6-14-31-72)73-48-44-67(45-49-73)68-46-50-74(51-47-68)103(95-39-23-41-97-98(95)86-35-18-22-40-96(86)104-97)77-54-59-83-80-34-17-21-38-89(80)101(94(83)64-77)87-36-19-15-32-78(87)79-33-16-20-37-88(79)101/h3-64H,1-2H3. The molecule has 0 saturated carbocycles. The van der Waals surface area contributed by atoms with Crippen LogP contribution in [0.4, 0.5) is 34.1 Å². The van der Waals surface area contributed by atoms with Gasteiger partial charge in [0.05, 0.1) is 27.3 Å². The molecule has 1 aromatic heterocycles. The summed E-state index contributed by atoms with van der Waals surface area (Å²) in [6.45, 7) is 4.45. The van der Waals surface area contributed by atoms with Crippen LogP contribution in [0.2, 0.25) is 0 Å². The molecule has 16 aromatic carbocycles. The highest BCUT2D eigenvalue weighted by Gasteiger charge is 2.53. The number of para-hydroxylation sites is 1. The lowest BCUT2D eigenvalue weighted by atomic mass is 9.67. The van der Waals surface area contributed by atoms with Crippen LogP contribution in [0.5, 0.6) is 0 Å². The predicted molar refractivity (Wildman–Crippen MR) is 429 cm³/mol. The molecule has 0 unspecified atom stereocenters. The van der Waals surface area contributed by atoms with Gasteiger partial charge in [-0.15, -0.1) is 0 Å². The van der Waals surface area contributed by atoms with Crippen LogP contribution < -0.4 is 9.80 Å². The van der Waals surface area contributed by atoms with E-state index in [1.807, 2.05) is 0 Å². The summed E-state index contributed by atoms with van der Waals surface area (Å²) in [5, 5.41) is 2.15. The molecular weight excluding hydrogens is 1260 g/mol. The summed E-state index contributed by atoms with van der Waals surface area (Å²) >= 11 is 0. The van der Waals surface area contributed by atoms with Crippen molar-refractivity contribution in [1.29, 1.82) is 0 Å². The average Bonchev–Trinajstić information content (AvgIpc) is 1.51. The van der Waals surface area contributed by atoms with E-state index >= 15 is 0 Å². The van der Waals surface area contributed by atoms with E-state index in [0.717, 1.165) is 67.2 Å². The molecule has 17 aromatic rings. The Morgan fingerprint density at radius 1 is 0.221 bits per heavy atom. The van der Waals surface area contributed by atoms with E-state index in [0.29, 0.717) is 0 Å². The third-order valence-corrected chi connectivity index (χ3v) is 23.3. The van der Waals surface area contributed by atoms with Crippen LogP contribution in [0, 0.1) is 13.8 Å². The first-order valence-corrected chi connectivity index (χ1v) is 36.3. The lowest BCUT2D eigenvalue weighted by molar-refractivity contribution is 0.669. The smallest absolute Gasteiger partial charge is 0.137 e. The Morgan fingerprint density at radius 2 is 0.538 bits per heavy atom. The summed E-state index contributed by atoms with van der Waals surface area (Å²) in [5.41, 5.74) is 36.4. The Labute approximate surface area is 606 Å². The Morgan fingerprint density at radius 3 is 0.971 bits per heavy atom. The summed E-state index contributed by atoms with van der Waals surface area (Å²) in [7, 11) is 0. The van der Waals surface area contributed by atoms with Crippen LogP contribution in [0.1, 0.15) is 77.9 Å². The van der Waals surface area contributed by atoms with Gasteiger partial charge in [-0.25, -0.2) is 0 Å². The minimum atomic E-state index is -0.610. The molecule has 1 heterocycles. The van der Waals surface area contributed by atoms with Gasteiger partial charge in [0, 0.05) is 33.8 Å². The molecule has 1 spiro atoms. The number of furan rings is 1. The van der Waals surface area contributed by atoms with Crippen molar-refractivity contribution in [2.75, 3.05) is 9.80 Å². The van der Waals surface area contributed by atoms with E-state index in [1.165, 1.54) is 122 Å². The molecule has 0 atom stereocenters. The number of rotatable bonds is 11. The first-order chi connectivity index (χ1) is 51.4. The monoisotopic (exact) mass is 1320 g/mol. The van der Waals surface area contributed by atoms with Gasteiger partial charge in [0.15, 0.2) is 0 Å². The van der Waals surface area contributed by atoms with Crippen molar-refractivity contribution < 1.29 is 4.42 Å². The van der Waals surface area contributed by atoms with Crippen LogP contribution in [-0.4, -0.2) is 0 Å². The summed E-state index contributed by atoms with van der Waals surface area (Å²) in [5.74, 6) is 0. The highest BCUT2D eigenvalue weighted by atomic mass is 16.3. The Balaban J connectivity index is 0.737. The molecule has 0 bridgehead atoms. The number of nitrogens with zero attached hydrogens (tertiary/aromatic N) is 2. The number of fused-ring (bicyclic) bond motifs is 19. The van der Waals surface area contributed by atoms with Crippen LogP contribution >= 0.6 is 0 Å². The summed E-state index contributed by atoms with van der Waals surface area (Å²) in [6.07, 6.45) is 0. The quantitative estimate of drug-likeness (QED) is 0.129. The molecule has 488 valence electrons. The molecule has 0 saturated heterocycles. The molecule has 21 rings (SSSR count). The molecule has 4 aliphatic rings. The lowest BCUT2D eigenvalue weighted by Gasteiger charge is -2.36. The number of benzene rings is 16. The van der Waals surface area contributed by atoms with Crippen molar-refractivity contribution in [2.24, 2.45) is 0 Å². The van der Waals surface area contributed by atoms with Crippen molar-refractivity contribution >= 4 is 56.1 Å². The van der Waals surface area contributed by atoms with E-state index in [-0.39, 0.29) is 0 Å². The lowest BCUT2D eigenvalue weighted by Crippen LogP contribution is -2.29. The highest BCUT2D eigenvalue weighted by molar-refractivity contribution is 6.13. The van der Waals surface area contributed by atoms with E-state index in [9.17, 15) is 0 Å². The van der Waals surface area contributed by atoms with Crippen molar-refractivity contribution in [3.05, 3.63) is 454 Å². The van der Waals surface area contributed by atoms with Crippen LogP contribution in [0.15, 0.2) is 381 Å². The first-order valence-electron chi connectivity index (χ1n) is 36.3. The predicted octanol–water partition coefficient (Wildman–Crippen LogP) is 25.9. The fraction of sp³-hybridized carbons (Fsp3) is 0.0495. The summed E-state index contributed by atoms with van der Waals surface area (Å²) < 4.78 is 6.68. The molecule has 4 aliphatic carbocycles. The van der Waals surface area contributed by atoms with Gasteiger partial charge in [-0.2, -0.15) is 0 Å². The van der Waals surface area contributed by atoms with Crippen LogP contribution in [0.3, 0.4) is 0 Å². The fourth-order valence-electron chi connectivity index (χ4n) is 19.1. The summed E-state index contributed by atoms with van der Waals surface area (Å²) in [4.78, 5) is 4.97. The number of aryl methyl sites for hydroxylation is 2. The Kier molecular flexibility index (Phi) is 13.2. The van der Waals surface area contributed by atoms with E-state index in [4.69, 9.17) is 4.42 Å². The van der Waals surface area contributed by atoms with E-state index in [2.05, 4.69) is 400 Å². The van der Waals surface area contributed by atoms with Gasteiger partial charge in [0.25, 0.3) is 0 Å². The van der Waals surface area contributed by atoms with Crippen LogP contribution in [-0.2, 0) is 16.2 Å². The summed E-state index contributed by atoms with van der Waals surface area (Å²) in [6, 6.07) is 141. The van der Waals surface area contributed by atoms with Crippen molar-refractivity contribution in [3.8, 4) is 55.6 Å². The van der Waals surface area contributed by atoms with E-state index in [1.54, 1.807) is 0 Å². The zero-order chi connectivity index (χ0) is 68.8. The largest absolute Gasteiger partial charge is 0.456 e. The maximum absolute atomic E-state index is 6.68. The molecule has 0 amide bonds. The molecular formula is C101H68N2O. The zero-order valence-electron chi connectivity index (χ0n) is 57.6. The van der Waals surface area contributed by atoms with Crippen molar-refractivity contribution in [1.82, 2.24) is 0 Å². The van der Waals surface area contributed by atoms with Gasteiger partial charge in [0.2, 0.25) is 0 Å². The second-order valence-electron chi connectivity index (χ2n) is 28.7. The molecule has 3 heteroatoms.